The van der Waals surface area contributed by atoms with E-state index in [-0.39, 0.29) is 33.6 Å². The van der Waals surface area contributed by atoms with Crippen molar-refractivity contribution >= 4 is 32.6 Å². The van der Waals surface area contributed by atoms with Crippen LogP contribution >= 0.6 is 0 Å². The molecule has 2 heterocycles. The Balaban J connectivity index is 1.30. The fourth-order valence-corrected chi connectivity index (χ4v) is 6.49. The van der Waals surface area contributed by atoms with Gasteiger partial charge in [-0.3, -0.25) is 0 Å². The first kappa shape index (κ1) is 16.4. The van der Waals surface area contributed by atoms with E-state index < -0.39 is 144 Å². The van der Waals surface area contributed by atoms with E-state index in [0.29, 0.717) is 38.3 Å². The lowest BCUT2D eigenvalue weighted by molar-refractivity contribution is 1.08. The van der Waals surface area contributed by atoms with Gasteiger partial charge in [0.05, 0.1) is 44.1 Å². The number of rotatable bonds is 6. The zero-order valence-corrected chi connectivity index (χ0v) is 27.2. The molecule has 10 rings (SSSR count). The van der Waals surface area contributed by atoms with E-state index in [9.17, 15) is 0 Å². The number of hydrogen-bond donors (Lipinski definition) is 0. The van der Waals surface area contributed by atoms with Gasteiger partial charge >= 0.3 is 0 Å². The molecule has 4 nitrogen and oxygen atoms in total. The molecule has 0 saturated carbocycles. The second-order valence-electron chi connectivity index (χ2n) is 11.8. The topological polar surface area (TPSA) is 43.6 Å². The number of aromatic nitrogens is 4. The largest absolute Gasteiger partial charge is 0.309 e. The van der Waals surface area contributed by atoms with E-state index in [1.165, 1.54) is 0 Å². The van der Waals surface area contributed by atoms with Gasteiger partial charge in [0.1, 0.15) is 0 Å². The van der Waals surface area contributed by atoms with Crippen molar-refractivity contribution in [2.24, 2.45) is 0 Å². The lowest BCUT2D eigenvalue weighted by Gasteiger charge is -2.16. The van der Waals surface area contributed by atoms with Crippen LogP contribution in [0.3, 0.4) is 0 Å². The van der Waals surface area contributed by atoms with E-state index in [1.54, 1.807) is 72.8 Å². The second kappa shape index (κ2) is 12.9. The Morgan fingerprint density at radius 1 is 0.358 bits per heavy atom. The first-order valence-corrected chi connectivity index (χ1v) is 16.2. The van der Waals surface area contributed by atoms with Gasteiger partial charge in [-0.15, -0.1) is 0 Å². The molecule has 2 aromatic heterocycles. The lowest BCUT2D eigenvalue weighted by atomic mass is 10.0. The van der Waals surface area contributed by atoms with Crippen molar-refractivity contribution in [1.29, 1.82) is 0 Å². The molecule has 0 amide bonds. The van der Waals surface area contributed by atoms with Gasteiger partial charge in [-0.1, -0.05) is 169 Å². The van der Waals surface area contributed by atoms with Gasteiger partial charge < -0.3 is 4.57 Å². The Bertz CT molecular complexity index is 3790. The van der Waals surface area contributed by atoms with Crippen LogP contribution in [-0.4, -0.2) is 19.5 Å². The molecule has 0 N–H and O–H groups in total. The summed E-state index contributed by atoms with van der Waals surface area (Å²) in [6.07, 6.45) is 0. The van der Waals surface area contributed by atoms with Gasteiger partial charge in [-0.05, 0) is 51.9 Å². The smallest absolute Gasteiger partial charge is 0.164 e. The van der Waals surface area contributed by atoms with Gasteiger partial charge in [-0.25, -0.2) is 15.0 Å². The lowest BCUT2D eigenvalue weighted by Crippen LogP contribution is -2.01. The standard InChI is InChI=1S/C49H32N4/c1-5-15-33(16-6-1)37-25-27-41-42-28-26-38(34-17-7-2-8-18-34)32-46(42)53(45(41)31-37)44-30-29-43(39-23-13-14-24-40(39)44)49-51-47(35-19-9-3-10-20-35)50-48(52-49)36-21-11-4-12-22-36/h1-32H/i1D,2D,3D,4D,5D,6D,7D,8D,9D,10D,11D,12D,15D,16D,17D,18D,19D,20D,21D,22D. The fourth-order valence-electron chi connectivity index (χ4n) is 6.49. The summed E-state index contributed by atoms with van der Waals surface area (Å²) in [4.78, 5) is 13.7. The van der Waals surface area contributed by atoms with Crippen LogP contribution in [0.5, 0.6) is 0 Å². The van der Waals surface area contributed by atoms with Crippen LogP contribution in [-0.2, 0) is 0 Å². The summed E-state index contributed by atoms with van der Waals surface area (Å²) in [5.41, 5.74) is 1.15. The molecule has 0 aliphatic heterocycles. The monoisotopic (exact) mass is 696 g/mol. The third-order valence-corrected chi connectivity index (χ3v) is 8.81. The molecular weight excluding hydrogens is 645 g/mol. The number of nitrogens with zero attached hydrogens (tertiary/aromatic N) is 4. The molecule has 0 unspecified atom stereocenters. The highest BCUT2D eigenvalue weighted by atomic mass is 15.0. The second-order valence-corrected chi connectivity index (χ2v) is 11.8. The van der Waals surface area contributed by atoms with Crippen LogP contribution < -0.4 is 0 Å². The van der Waals surface area contributed by atoms with Gasteiger partial charge in [-0.2, -0.15) is 0 Å². The first-order valence-electron chi connectivity index (χ1n) is 26.2. The van der Waals surface area contributed by atoms with Crippen molar-refractivity contribution < 1.29 is 27.4 Å². The zero-order valence-electron chi connectivity index (χ0n) is 47.2. The molecule has 0 atom stereocenters. The van der Waals surface area contributed by atoms with Crippen LogP contribution in [0.1, 0.15) is 27.4 Å². The molecule has 0 aliphatic carbocycles. The molecule has 0 spiro atoms. The Kier molecular flexibility index (Phi) is 3.99. The Hall–Kier alpha value is -7.17. The minimum atomic E-state index is -0.701. The Morgan fingerprint density at radius 3 is 1.28 bits per heavy atom. The first-order chi connectivity index (χ1) is 34.6. The summed E-state index contributed by atoms with van der Waals surface area (Å²) in [6.45, 7) is 0. The van der Waals surface area contributed by atoms with E-state index in [0.717, 1.165) is 0 Å². The van der Waals surface area contributed by atoms with E-state index >= 15 is 0 Å². The third kappa shape index (κ3) is 5.45. The normalized spacial score (nSPS) is 16.7. The van der Waals surface area contributed by atoms with E-state index in [4.69, 9.17) is 27.4 Å². The molecule has 10 aromatic rings. The molecule has 0 fully saturated rings. The molecular formula is C49H32N4. The van der Waals surface area contributed by atoms with Crippen molar-refractivity contribution in [3.05, 3.63) is 194 Å². The van der Waals surface area contributed by atoms with Crippen LogP contribution in [0, 0.1) is 0 Å². The summed E-state index contributed by atoms with van der Waals surface area (Å²) < 4.78 is 172. The SMILES string of the molecule is [2H]c1c([2H])c([2H])c(-c2ccc3c4ccc(-c5c([2H])c([2H])c([2H])c([2H])c5[2H])cc4n(-c4ccc(-c5nc(-c6c([2H])c([2H])c([2H])c([2H])c6[2H])nc(-c6c([2H])c([2H])c([2H])c([2H])c6[2H])n5)c5ccccc45)c3c2)c([2H])c1[2H]. The maximum absolute atomic E-state index is 8.81. The van der Waals surface area contributed by atoms with Crippen LogP contribution in [0.2, 0.25) is 0 Å². The van der Waals surface area contributed by atoms with Crippen LogP contribution in [0.4, 0.5) is 0 Å². The van der Waals surface area contributed by atoms with Crippen LogP contribution in [0.15, 0.2) is 194 Å². The van der Waals surface area contributed by atoms with E-state index in [2.05, 4.69) is 15.0 Å². The molecule has 4 heteroatoms. The number of fused-ring (bicyclic) bond motifs is 4. The summed E-state index contributed by atoms with van der Waals surface area (Å²) in [7, 11) is 0. The van der Waals surface area contributed by atoms with Gasteiger partial charge in [0.15, 0.2) is 17.5 Å². The molecule has 0 bridgehead atoms. The Labute approximate surface area is 335 Å². The van der Waals surface area contributed by atoms with Gasteiger partial charge in [0.2, 0.25) is 0 Å². The van der Waals surface area contributed by atoms with Crippen molar-refractivity contribution in [3.8, 4) is 62.1 Å². The maximum atomic E-state index is 8.81. The van der Waals surface area contributed by atoms with Crippen molar-refractivity contribution in [1.82, 2.24) is 19.5 Å². The minimum Gasteiger partial charge on any atom is -0.309 e. The predicted molar refractivity (Wildman–Crippen MR) is 219 cm³/mol. The average molecular weight is 697 g/mol. The molecule has 8 aromatic carbocycles. The summed E-state index contributed by atoms with van der Waals surface area (Å²) >= 11 is 0. The zero-order chi connectivity index (χ0) is 52.5. The fraction of sp³-hybridized carbons (Fsp3) is 0. The van der Waals surface area contributed by atoms with Crippen molar-refractivity contribution in [2.45, 2.75) is 0 Å². The summed E-state index contributed by atoms with van der Waals surface area (Å²) in [5, 5.41) is 2.17. The summed E-state index contributed by atoms with van der Waals surface area (Å²) in [6, 6.07) is 8.38. The van der Waals surface area contributed by atoms with Crippen molar-refractivity contribution in [3.63, 3.8) is 0 Å². The minimum absolute atomic E-state index is 0.0654. The number of benzene rings is 8. The van der Waals surface area contributed by atoms with Crippen LogP contribution in [0.25, 0.3) is 94.7 Å². The maximum Gasteiger partial charge on any atom is 0.164 e. The molecule has 0 saturated heterocycles. The highest BCUT2D eigenvalue weighted by Gasteiger charge is 2.19. The highest BCUT2D eigenvalue weighted by Crippen LogP contribution is 2.40. The molecule has 248 valence electrons. The third-order valence-electron chi connectivity index (χ3n) is 8.81. The summed E-state index contributed by atoms with van der Waals surface area (Å²) in [5.74, 6) is -1.10. The Morgan fingerprint density at radius 2 is 0.792 bits per heavy atom. The highest BCUT2D eigenvalue weighted by molar-refractivity contribution is 6.13. The predicted octanol–water partition coefficient (Wildman–Crippen LogP) is 12.5. The molecule has 0 aliphatic rings. The average Bonchev–Trinajstić information content (AvgIpc) is 3.70. The van der Waals surface area contributed by atoms with Gasteiger partial charge in [0.25, 0.3) is 0 Å². The van der Waals surface area contributed by atoms with Crippen molar-refractivity contribution in [2.75, 3.05) is 0 Å². The quantitative estimate of drug-likeness (QED) is 0.174. The van der Waals surface area contributed by atoms with Gasteiger partial charge in [0, 0.05) is 32.8 Å². The van der Waals surface area contributed by atoms with E-state index in [1.807, 2.05) is 4.57 Å². The number of hydrogen-bond acceptors (Lipinski definition) is 3. The molecule has 0 radical (unpaired) electrons. The molecule has 53 heavy (non-hydrogen) atoms.